The number of nitrogens with one attached hydrogen (secondary N) is 3. The number of piperazine rings is 1. The van der Waals surface area contributed by atoms with Crippen molar-refractivity contribution in [1.29, 1.82) is 5.26 Å². The van der Waals surface area contributed by atoms with Crippen LogP contribution in [0, 0.1) is 17.1 Å². The van der Waals surface area contributed by atoms with E-state index >= 15 is 0 Å². The van der Waals surface area contributed by atoms with Gasteiger partial charge in [0.1, 0.15) is 29.8 Å². The molecule has 3 fully saturated rings. The molecule has 0 aromatic heterocycles. The summed E-state index contributed by atoms with van der Waals surface area (Å²) < 4.78 is 62.6. The summed E-state index contributed by atoms with van der Waals surface area (Å²) >= 11 is 4.74. The van der Waals surface area contributed by atoms with Crippen LogP contribution < -0.4 is 30.5 Å². The molecule has 3 aliphatic heterocycles. The summed E-state index contributed by atoms with van der Waals surface area (Å²) in [5.74, 6) is -1.62. The van der Waals surface area contributed by atoms with Crippen LogP contribution in [0.2, 0.25) is 0 Å². The lowest BCUT2D eigenvalue weighted by Gasteiger charge is -2.44. The molecule has 18 heteroatoms. The zero-order chi connectivity index (χ0) is 44.6. The molecule has 61 heavy (non-hydrogen) atoms. The van der Waals surface area contributed by atoms with Crippen molar-refractivity contribution >= 4 is 59.0 Å². The Labute approximate surface area is 357 Å². The van der Waals surface area contributed by atoms with Crippen LogP contribution in [-0.4, -0.2) is 95.4 Å². The number of halogens is 4. The van der Waals surface area contributed by atoms with E-state index in [1.807, 2.05) is 39.8 Å². The number of carbonyl (C=O) groups is 4. The molecular formula is C43H50F4N8O5S. The number of alkyl halides is 3. The summed E-state index contributed by atoms with van der Waals surface area (Å²) in [6.45, 7) is 13.7. The molecule has 3 N–H and O–H groups in total. The maximum Gasteiger partial charge on any atom is 0.417 e. The van der Waals surface area contributed by atoms with Gasteiger partial charge in [-0.3, -0.25) is 39.2 Å². The molecule has 0 aliphatic carbocycles. The SMILES string of the molecule is CC(C)c1cc(N2C(S)N(c3ccc(C#N)c(C(F)(F)F)c3)C(=O)C2(C)C)ccc1OCCN1C[C@@H](C)N(CC(=O)Nc2cc(NC3CCC(=O)NC3=O)ccc2F)[C@@H](C)C1. The van der Waals surface area contributed by atoms with Crippen LogP contribution in [0.4, 0.5) is 40.3 Å². The van der Waals surface area contributed by atoms with Crippen molar-refractivity contribution in [2.75, 3.05) is 53.2 Å². The first kappa shape index (κ1) is 45.2. The molecule has 4 amide bonds. The van der Waals surface area contributed by atoms with Crippen molar-refractivity contribution in [1.82, 2.24) is 15.1 Å². The number of piperidine rings is 1. The molecule has 326 valence electrons. The molecule has 13 nitrogen and oxygen atoms in total. The van der Waals surface area contributed by atoms with Crippen molar-refractivity contribution in [3.05, 3.63) is 77.1 Å². The van der Waals surface area contributed by atoms with Gasteiger partial charge in [0.15, 0.2) is 5.50 Å². The summed E-state index contributed by atoms with van der Waals surface area (Å²) in [7, 11) is 0. The van der Waals surface area contributed by atoms with Crippen molar-refractivity contribution in [3.63, 3.8) is 0 Å². The second-order valence-electron chi connectivity index (χ2n) is 16.5. The number of rotatable bonds is 12. The Hall–Kier alpha value is -5.38. The smallest absolute Gasteiger partial charge is 0.417 e. The molecule has 0 spiro atoms. The van der Waals surface area contributed by atoms with E-state index < -0.39 is 52.0 Å². The average molecular weight is 867 g/mol. The number of nitriles is 1. The molecular weight excluding hydrogens is 817 g/mol. The normalized spacial score (nSPS) is 22.3. The minimum Gasteiger partial charge on any atom is -0.492 e. The van der Waals surface area contributed by atoms with E-state index in [0.29, 0.717) is 49.8 Å². The standard InChI is InChI=1S/C43H50F4N8O5S/c1-24(2)31-18-30(55-41(61)54(40(59)42(55,5)6)29-9-7-27(20-48)32(19-29)43(45,46)47)10-13-36(31)60-16-15-52-21-25(3)53(26(4)22-52)23-38(57)50-35-17-28(8-11-33(35)44)49-34-12-14-37(56)51-39(34)58/h7-11,13,17-19,24-26,34,41,49,61H,12,14-16,21-23H2,1-6H3,(H,50,57)(H,51,56,58)/t25-,26+,34?,41?. The number of thiol groups is 1. The minimum absolute atomic E-state index is 0.00555. The summed E-state index contributed by atoms with van der Waals surface area (Å²) in [5, 5.41) is 17.2. The van der Waals surface area contributed by atoms with E-state index in [1.54, 1.807) is 30.9 Å². The first-order valence-electron chi connectivity index (χ1n) is 20.1. The number of carbonyl (C=O) groups excluding carboxylic acids is 4. The van der Waals surface area contributed by atoms with Gasteiger partial charge in [0.05, 0.1) is 29.4 Å². The quantitative estimate of drug-likeness (QED) is 0.0927. The van der Waals surface area contributed by atoms with Crippen LogP contribution in [0.3, 0.4) is 0 Å². The van der Waals surface area contributed by atoms with E-state index in [0.717, 1.165) is 17.7 Å². The number of amides is 4. The monoisotopic (exact) mass is 866 g/mol. The molecule has 6 rings (SSSR count). The van der Waals surface area contributed by atoms with Crippen LogP contribution >= 0.6 is 12.6 Å². The highest BCUT2D eigenvalue weighted by Gasteiger charge is 2.52. The van der Waals surface area contributed by atoms with Crippen LogP contribution in [0.5, 0.6) is 5.75 Å². The van der Waals surface area contributed by atoms with Crippen molar-refractivity contribution < 1.29 is 41.5 Å². The highest BCUT2D eigenvalue weighted by atomic mass is 32.1. The molecule has 3 saturated heterocycles. The fourth-order valence-electron chi connectivity index (χ4n) is 8.24. The number of benzene rings is 3. The van der Waals surface area contributed by atoms with Gasteiger partial charge in [-0.1, -0.05) is 13.8 Å². The van der Waals surface area contributed by atoms with Crippen LogP contribution in [0.15, 0.2) is 54.6 Å². The molecule has 3 aromatic rings. The zero-order valence-electron chi connectivity index (χ0n) is 34.8. The lowest BCUT2D eigenvalue weighted by atomic mass is 9.98. The Morgan fingerprint density at radius 3 is 2.36 bits per heavy atom. The lowest BCUT2D eigenvalue weighted by Crippen LogP contribution is -2.58. The third-order valence-electron chi connectivity index (χ3n) is 11.4. The molecule has 0 radical (unpaired) electrons. The topological polar surface area (TPSA) is 150 Å². The van der Waals surface area contributed by atoms with Crippen LogP contribution in [0.25, 0.3) is 0 Å². The predicted molar refractivity (Wildman–Crippen MR) is 226 cm³/mol. The number of imide groups is 1. The van der Waals surface area contributed by atoms with Gasteiger partial charge < -0.3 is 20.3 Å². The average Bonchev–Trinajstić information content (AvgIpc) is 3.36. The number of hydrogen-bond acceptors (Lipinski definition) is 11. The lowest BCUT2D eigenvalue weighted by molar-refractivity contribution is -0.138. The third kappa shape index (κ3) is 9.74. The Morgan fingerprint density at radius 2 is 1.72 bits per heavy atom. The van der Waals surface area contributed by atoms with Crippen LogP contribution in [0.1, 0.15) is 77.0 Å². The zero-order valence-corrected chi connectivity index (χ0v) is 35.7. The maximum absolute atomic E-state index is 14.8. The summed E-state index contributed by atoms with van der Waals surface area (Å²) in [5.41, 5.74) is -1.95. The van der Waals surface area contributed by atoms with Crippen molar-refractivity contribution in [2.45, 2.75) is 95.6 Å². The molecule has 3 aromatic carbocycles. The van der Waals surface area contributed by atoms with Gasteiger partial charge in [-0.2, -0.15) is 18.4 Å². The highest BCUT2D eigenvalue weighted by Crippen LogP contribution is 2.44. The first-order chi connectivity index (χ1) is 28.7. The largest absolute Gasteiger partial charge is 0.492 e. The van der Waals surface area contributed by atoms with Gasteiger partial charge in [-0.05, 0) is 100 Å². The van der Waals surface area contributed by atoms with Crippen LogP contribution in [-0.2, 0) is 25.4 Å². The summed E-state index contributed by atoms with van der Waals surface area (Å²) in [6.07, 6.45) is -4.31. The van der Waals surface area contributed by atoms with E-state index in [4.69, 9.17) is 17.4 Å². The van der Waals surface area contributed by atoms with Gasteiger partial charge in [0, 0.05) is 55.2 Å². The fraction of sp³-hybridized carbons (Fsp3) is 0.465. The van der Waals surface area contributed by atoms with Gasteiger partial charge in [-0.25, -0.2) is 4.39 Å². The van der Waals surface area contributed by atoms with Gasteiger partial charge in [-0.15, -0.1) is 12.6 Å². The number of anilines is 4. The minimum atomic E-state index is -4.79. The Kier molecular flexibility index (Phi) is 13.3. The first-order valence-corrected chi connectivity index (χ1v) is 20.6. The van der Waals surface area contributed by atoms with Crippen molar-refractivity contribution in [2.24, 2.45) is 0 Å². The van der Waals surface area contributed by atoms with E-state index in [-0.39, 0.29) is 54.2 Å². The van der Waals surface area contributed by atoms with Gasteiger partial charge in [0.25, 0.3) is 5.91 Å². The predicted octanol–water partition coefficient (Wildman–Crippen LogP) is 6.31. The summed E-state index contributed by atoms with van der Waals surface area (Å²) in [4.78, 5) is 57.9. The Bertz CT molecular complexity index is 2220. The summed E-state index contributed by atoms with van der Waals surface area (Å²) in [6, 6.07) is 13.7. The second-order valence-corrected chi connectivity index (χ2v) is 17.0. The van der Waals surface area contributed by atoms with Gasteiger partial charge in [0.2, 0.25) is 17.7 Å². The highest BCUT2D eigenvalue weighted by molar-refractivity contribution is 7.81. The van der Waals surface area contributed by atoms with E-state index in [2.05, 4.69) is 25.8 Å². The third-order valence-corrected chi connectivity index (χ3v) is 11.9. The molecule has 0 saturated carbocycles. The van der Waals surface area contributed by atoms with E-state index in [1.165, 1.54) is 29.2 Å². The Balaban J connectivity index is 1.06. The molecule has 3 aliphatic rings. The molecule has 0 bridgehead atoms. The number of hydrogen-bond donors (Lipinski definition) is 4. The molecule has 4 atom stereocenters. The fourth-order valence-corrected chi connectivity index (χ4v) is 8.90. The number of ether oxygens (including phenoxy) is 1. The van der Waals surface area contributed by atoms with E-state index in [9.17, 15) is 42.0 Å². The number of nitrogens with zero attached hydrogens (tertiary/aromatic N) is 5. The Morgan fingerprint density at radius 1 is 1.03 bits per heavy atom. The molecule has 2 unspecified atom stereocenters. The maximum atomic E-state index is 14.8. The van der Waals surface area contributed by atoms with Crippen molar-refractivity contribution in [3.8, 4) is 11.8 Å². The second kappa shape index (κ2) is 17.9. The molecule has 3 heterocycles. The van der Waals surface area contributed by atoms with Gasteiger partial charge >= 0.3 is 6.18 Å².